The Hall–Kier alpha value is -0.860. The summed E-state index contributed by atoms with van der Waals surface area (Å²) >= 11 is 0. The molecule has 0 radical (unpaired) electrons. The van der Waals surface area contributed by atoms with E-state index >= 15 is 0 Å². The second kappa shape index (κ2) is 9.12. The molecule has 0 fully saturated rings. The van der Waals surface area contributed by atoms with E-state index in [2.05, 4.69) is 61.3 Å². The third kappa shape index (κ3) is 5.65. The number of nitrogens with zero attached hydrogens (tertiary/aromatic N) is 1. The normalized spacial score (nSPS) is 12.9. The molecule has 102 valence electrons. The molecular weight excluding hydrogens is 220 g/mol. The number of hydrogen-bond donors (Lipinski definition) is 1. The van der Waals surface area contributed by atoms with Gasteiger partial charge in [0.15, 0.2) is 0 Å². The molecular formula is C16H28N2. The Morgan fingerprint density at radius 2 is 1.78 bits per heavy atom. The van der Waals surface area contributed by atoms with Crippen molar-refractivity contribution in [3.63, 3.8) is 0 Å². The molecule has 2 heteroatoms. The van der Waals surface area contributed by atoms with Crippen LogP contribution >= 0.6 is 0 Å². The highest BCUT2D eigenvalue weighted by Gasteiger charge is 2.04. The monoisotopic (exact) mass is 248 g/mol. The molecule has 1 N–H and O–H groups in total. The first-order chi connectivity index (χ1) is 8.77. The topological polar surface area (TPSA) is 15.3 Å². The summed E-state index contributed by atoms with van der Waals surface area (Å²) < 4.78 is 0. The highest BCUT2D eigenvalue weighted by Crippen LogP contribution is 2.12. The first-order valence-electron chi connectivity index (χ1n) is 7.25. The van der Waals surface area contributed by atoms with Crippen LogP contribution in [0, 0.1) is 0 Å². The van der Waals surface area contributed by atoms with Gasteiger partial charge in [-0.15, -0.1) is 0 Å². The van der Waals surface area contributed by atoms with Crippen LogP contribution in [0.25, 0.3) is 0 Å². The molecule has 0 amide bonds. The van der Waals surface area contributed by atoms with E-state index in [0.29, 0.717) is 5.92 Å². The smallest absolute Gasteiger partial charge is 0.00174 e. The van der Waals surface area contributed by atoms with Crippen molar-refractivity contribution in [2.45, 2.75) is 33.1 Å². The van der Waals surface area contributed by atoms with Crippen LogP contribution < -0.4 is 5.32 Å². The van der Waals surface area contributed by atoms with E-state index in [0.717, 1.165) is 26.2 Å². The van der Waals surface area contributed by atoms with Gasteiger partial charge in [0.1, 0.15) is 0 Å². The van der Waals surface area contributed by atoms with Gasteiger partial charge in [-0.1, -0.05) is 51.1 Å². The van der Waals surface area contributed by atoms with Gasteiger partial charge in [0, 0.05) is 6.54 Å². The lowest BCUT2D eigenvalue weighted by Crippen LogP contribution is -2.28. The van der Waals surface area contributed by atoms with E-state index in [4.69, 9.17) is 0 Å². The van der Waals surface area contributed by atoms with Crippen LogP contribution in [-0.4, -0.2) is 37.6 Å². The van der Waals surface area contributed by atoms with E-state index < -0.39 is 0 Å². The van der Waals surface area contributed by atoms with E-state index in [1.165, 1.54) is 18.5 Å². The molecule has 0 saturated carbocycles. The Labute approximate surface area is 112 Å². The van der Waals surface area contributed by atoms with Gasteiger partial charge in [0.25, 0.3) is 0 Å². The van der Waals surface area contributed by atoms with Crippen LogP contribution in [0.15, 0.2) is 30.3 Å². The largest absolute Gasteiger partial charge is 0.316 e. The van der Waals surface area contributed by atoms with Gasteiger partial charge in [-0.2, -0.15) is 0 Å². The summed E-state index contributed by atoms with van der Waals surface area (Å²) in [5, 5.41) is 3.56. The Kier molecular flexibility index (Phi) is 7.70. The molecule has 0 aliphatic rings. The molecule has 0 saturated heterocycles. The first-order valence-corrected chi connectivity index (χ1v) is 7.25. The van der Waals surface area contributed by atoms with Crippen molar-refractivity contribution in [2.24, 2.45) is 0 Å². The first kappa shape index (κ1) is 15.2. The van der Waals surface area contributed by atoms with Crippen molar-refractivity contribution in [3.05, 3.63) is 35.9 Å². The highest BCUT2D eigenvalue weighted by atomic mass is 15.1. The maximum Gasteiger partial charge on any atom is 0.00174 e. The molecule has 1 aromatic rings. The molecule has 0 aliphatic carbocycles. The lowest BCUT2D eigenvalue weighted by molar-refractivity contribution is 0.298. The van der Waals surface area contributed by atoms with E-state index in [-0.39, 0.29) is 0 Å². The van der Waals surface area contributed by atoms with Crippen molar-refractivity contribution in [1.82, 2.24) is 10.2 Å². The van der Waals surface area contributed by atoms with Crippen molar-refractivity contribution in [2.75, 3.05) is 32.7 Å². The van der Waals surface area contributed by atoms with Crippen LogP contribution in [0.3, 0.4) is 0 Å². The van der Waals surface area contributed by atoms with Gasteiger partial charge >= 0.3 is 0 Å². The standard InChI is InChI=1S/C16H28N2/c1-4-18(5-2)13-9-12-17-14-15(3)16-10-7-6-8-11-16/h6-8,10-11,15,17H,4-5,9,12-14H2,1-3H3. The van der Waals surface area contributed by atoms with E-state index in [9.17, 15) is 0 Å². The fourth-order valence-corrected chi connectivity index (χ4v) is 2.19. The fraction of sp³-hybridized carbons (Fsp3) is 0.625. The minimum absolute atomic E-state index is 0.597. The third-order valence-corrected chi connectivity index (χ3v) is 3.54. The molecule has 0 heterocycles. The fourth-order valence-electron chi connectivity index (χ4n) is 2.19. The molecule has 0 aliphatic heterocycles. The molecule has 18 heavy (non-hydrogen) atoms. The summed E-state index contributed by atoms with van der Waals surface area (Å²) in [7, 11) is 0. The van der Waals surface area contributed by atoms with Gasteiger partial charge in [-0.05, 0) is 44.1 Å². The number of rotatable bonds is 9. The second-order valence-corrected chi connectivity index (χ2v) is 4.90. The third-order valence-electron chi connectivity index (χ3n) is 3.54. The zero-order chi connectivity index (χ0) is 13.2. The van der Waals surface area contributed by atoms with Gasteiger partial charge in [-0.25, -0.2) is 0 Å². The van der Waals surface area contributed by atoms with Gasteiger partial charge in [0.2, 0.25) is 0 Å². The minimum Gasteiger partial charge on any atom is -0.316 e. The van der Waals surface area contributed by atoms with E-state index in [1.54, 1.807) is 0 Å². The Morgan fingerprint density at radius 3 is 2.39 bits per heavy atom. The number of nitrogens with one attached hydrogen (secondary N) is 1. The summed E-state index contributed by atoms with van der Waals surface area (Å²) in [4.78, 5) is 2.47. The summed E-state index contributed by atoms with van der Waals surface area (Å²) in [6.45, 7) is 12.5. The van der Waals surface area contributed by atoms with Crippen LogP contribution in [0.1, 0.15) is 38.7 Å². The maximum atomic E-state index is 3.56. The van der Waals surface area contributed by atoms with Gasteiger partial charge in [-0.3, -0.25) is 0 Å². The predicted molar refractivity (Wildman–Crippen MR) is 80.1 cm³/mol. The maximum absolute atomic E-state index is 3.56. The summed E-state index contributed by atoms with van der Waals surface area (Å²) in [6.07, 6.45) is 1.24. The van der Waals surface area contributed by atoms with Crippen molar-refractivity contribution in [3.8, 4) is 0 Å². The molecule has 0 aromatic heterocycles. The van der Waals surface area contributed by atoms with Crippen molar-refractivity contribution < 1.29 is 0 Å². The molecule has 1 rings (SSSR count). The van der Waals surface area contributed by atoms with Gasteiger partial charge in [0.05, 0.1) is 0 Å². The summed E-state index contributed by atoms with van der Waals surface area (Å²) in [6, 6.07) is 10.7. The zero-order valence-electron chi connectivity index (χ0n) is 12.2. The van der Waals surface area contributed by atoms with E-state index in [1.807, 2.05) is 0 Å². The lowest BCUT2D eigenvalue weighted by Gasteiger charge is -2.18. The Balaban J connectivity index is 2.11. The highest BCUT2D eigenvalue weighted by molar-refractivity contribution is 5.18. The summed E-state index contributed by atoms with van der Waals surface area (Å²) in [5.74, 6) is 0.597. The Bertz CT molecular complexity index is 293. The minimum atomic E-state index is 0.597. The molecule has 1 atom stereocenters. The lowest BCUT2D eigenvalue weighted by atomic mass is 10.0. The second-order valence-electron chi connectivity index (χ2n) is 4.90. The Morgan fingerprint density at radius 1 is 1.11 bits per heavy atom. The molecule has 0 spiro atoms. The summed E-state index contributed by atoms with van der Waals surface area (Å²) in [5.41, 5.74) is 1.42. The predicted octanol–water partition coefficient (Wildman–Crippen LogP) is 3.11. The molecule has 1 unspecified atom stereocenters. The van der Waals surface area contributed by atoms with Gasteiger partial charge < -0.3 is 10.2 Å². The van der Waals surface area contributed by atoms with Crippen LogP contribution in [-0.2, 0) is 0 Å². The quantitative estimate of drug-likeness (QED) is 0.676. The van der Waals surface area contributed by atoms with Crippen LogP contribution in [0.2, 0.25) is 0 Å². The number of benzene rings is 1. The average Bonchev–Trinajstić information content (AvgIpc) is 2.43. The zero-order valence-corrected chi connectivity index (χ0v) is 12.2. The molecule has 2 nitrogen and oxygen atoms in total. The van der Waals surface area contributed by atoms with Crippen LogP contribution in [0.4, 0.5) is 0 Å². The molecule has 0 bridgehead atoms. The van der Waals surface area contributed by atoms with Crippen molar-refractivity contribution in [1.29, 1.82) is 0 Å². The molecule has 1 aromatic carbocycles. The van der Waals surface area contributed by atoms with Crippen molar-refractivity contribution >= 4 is 0 Å². The average molecular weight is 248 g/mol. The number of hydrogen-bond acceptors (Lipinski definition) is 2. The van der Waals surface area contributed by atoms with Crippen LogP contribution in [0.5, 0.6) is 0 Å². The SMILES string of the molecule is CCN(CC)CCCNCC(C)c1ccccc1.